The highest BCUT2D eigenvalue weighted by atomic mass is 16.2. The van der Waals surface area contributed by atoms with Gasteiger partial charge in [0.25, 0.3) is 5.91 Å². The molecule has 0 saturated carbocycles. The van der Waals surface area contributed by atoms with Gasteiger partial charge in [-0.05, 0) is 78.4 Å². The Kier molecular flexibility index (Phi) is 10.6. The van der Waals surface area contributed by atoms with E-state index in [1.165, 1.54) is 5.01 Å². The van der Waals surface area contributed by atoms with Crippen LogP contribution in [0.5, 0.6) is 0 Å². The van der Waals surface area contributed by atoms with Crippen molar-refractivity contribution in [1.82, 2.24) is 5.32 Å². The number of carbonyl (C=O) groups is 2. The lowest BCUT2D eigenvalue weighted by atomic mass is 10.1. The summed E-state index contributed by atoms with van der Waals surface area (Å²) in [4.78, 5) is 26.8. The fourth-order valence-corrected chi connectivity index (χ4v) is 4.75. The van der Waals surface area contributed by atoms with Gasteiger partial charge in [-0.3, -0.25) is 19.9 Å². The van der Waals surface area contributed by atoms with E-state index < -0.39 is 12.1 Å². The third kappa shape index (κ3) is 8.30. The molecule has 1 unspecified atom stereocenters. The Morgan fingerprint density at radius 2 is 1.02 bits per heavy atom. The van der Waals surface area contributed by atoms with Gasteiger partial charge in [-0.15, -0.1) is 0 Å². The molecule has 0 saturated heterocycles. The van der Waals surface area contributed by atoms with Gasteiger partial charge < -0.3 is 5.73 Å². The molecule has 0 radical (unpaired) electrons. The van der Waals surface area contributed by atoms with Gasteiger partial charge in [-0.25, -0.2) is 5.01 Å². The van der Waals surface area contributed by atoms with Gasteiger partial charge in [-0.1, -0.05) is 97.3 Å². The molecule has 5 rings (SSSR count). The molecule has 0 aliphatic heterocycles. The lowest BCUT2D eigenvalue weighted by Crippen LogP contribution is -2.62. The smallest absolute Gasteiger partial charge is 0.257 e. The van der Waals surface area contributed by atoms with E-state index in [1.54, 1.807) is 11.9 Å². The summed E-state index contributed by atoms with van der Waals surface area (Å²) in [5.74, 6) is 11.8. The summed E-state index contributed by atoms with van der Waals surface area (Å²) in [6.07, 6.45) is -0.869. The van der Waals surface area contributed by atoms with Crippen molar-refractivity contribution in [2.75, 3.05) is 10.0 Å². The second kappa shape index (κ2) is 15.6. The molecule has 6 nitrogen and oxygen atoms in total. The Bertz CT molecular complexity index is 1870. The van der Waals surface area contributed by atoms with E-state index in [2.05, 4.69) is 29.0 Å². The van der Waals surface area contributed by atoms with Crippen molar-refractivity contribution >= 4 is 23.2 Å². The number of benzene rings is 5. The van der Waals surface area contributed by atoms with Crippen LogP contribution in [0.2, 0.25) is 0 Å². The van der Waals surface area contributed by atoms with Gasteiger partial charge >= 0.3 is 0 Å². The molecule has 0 aliphatic rings. The molecular formula is C40H34N4O2. The van der Waals surface area contributed by atoms with Gasteiger partial charge in [0.1, 0.15) is 0 Å². The second-order valence-electron chi connectivity index (χ2n) is 10.4. The number of primary amides is 1. The molecule has 1 atom stereocenters. The first kappa shape index (κ1) is 31.3. The number of anilines is 2. The van der Waals surface area contributed by atoms with Crippen LogP contribution in [0.25, 0.3) is 0 Å². The predicted octanol–water partition coefficient (Wildman–Crippen LogP) is 6.25. The van der Waals surface area contributed by atoms with Gasteiger partial charge in [0, 0.05) is 35.2 Å². The number of nitrogens with zero attached hydrogens (tertiary/aromatic N) is 2. The van der Waals surface area contributed by atoms with Crippen LogP contribution in [0.1, 0.15) is 41.2 Å². The van der Waals surface area contributed by atoms with Gasteiger partial charge in [0.2, 0.25) is 5.91 Å². The van der Waals surface area contributed by atoms with Crippen molar-refractivity contribution in [3.63, 3.8) is 0 Å². The van der Waals surface area contributed by atoms with Crippen molar-refractivity contribution in [2.45, 2.75) is 26.1 Å². The quantitative estimate of drug-likeness (QED) is 0.119. The van der Waals surface area contributed by atoms with E-state index in [-0.39, 0.29) is 12.3 Å². The largest absolute Gasteiger partial charge is 0.367 e. The highest BCUT2D eigenvalue weighted by molar-refractivity contribution is 5.98. The zero-order chi connectivity index (χ0) is 32.1. The van der Waals surface area contributed by atoms with Crippen molar-refractivity contribution in [3.05, 3.63) is 167 Å². The molecule has 46 heavy (non-hydrogen) atoms. The molecule has 5 aromatic rings. The van der Waals surface area contributed by atoms with Crippen LogP contribution < -0.4 is 21.1 Å². The first-order chi connectivity index (χ1) is 22.5. The topological polar surface area (TPSA) is 78.7 Å². The first-order valence-corrected chi connectivity index (χ1v) is 15.0. The highest BCUT2D eigenvalue weighted by Crippen LogP contribution is 2.27. The van der Waals surface area contributed by atoms with Crippen LogP contribution in [0.3, 0.4) is 0 Å². The zero-order valence-electron chi connectivity index (χ0n) is 25.6. The third-order valence-electron chi connectivity index (χ3n) is 7.10. The number of rotatable bonds is 9. The molecule has 0 aromatic heterocycles. The molecule has 0 aliphatic carbocycles. The number of nitrogens with one attached hydrogen (secondary N) is 1. The summed E-state index contributed by atoms with van der Waals surface area (Å²) < 4.78 is 0. The average molecular weight is 603 g/mol. The van der Waals surface area contributed by atoms with Crippen molar-refractivity contribution in [3.8, 4) is 23.7 Å². The molecule has 2 amide bonds. The van der Waals surface area contributed by atoms with E-state index in [9.17, 15) is 9.59 Å². The SMILES string of the molecule is CCC(=O)N(c1ccc(C#Cc2ccccc2)cc1)N(c1ccc(C#Cc2ccccc2)cc1)C(NCc1ccccc1)C(N)=O. The fourth-order valence-electron chi connectivity index (χ4n) is 4.75. The predicted molar refractivity (Wildman–Crippen MR) is 184 cm³/mol. The van der Waals surface area contributed by atoms with E-state index in [4.69, 9.17) is 5.73 Å². The molecule has 5 aromatic carbocycles. The van der Waals surface area contributed by atoms with Crippen LogP contribution in [0.4, 0.5) is 11.4 Å². The number of carbonyl (C=O) groups excluding carboxylic acids is 2. The minimum atomic E-state index is -1.06. The molecule has 226 valence electrons. The van der Waals surface area contributed by atoms with Crippen LogP contribution in [-0.4, -0.2) is 18.0 Å². The Hall–Kier alpha value is -6.08. The van der Waals surface area contributed by atoms with E-state index in [0.29, 0.717) is 17.9 Å². The molecule has 0 bridgehead atoms. The summed E-state index contributed by atoms with van der Waals surface area (Å²) in [5.41, 5.74) is 11.6. The van der Waals surface area contributed by atoms with E-state index in [0.717, 1.165) is 27.8 Å². The van der Waals surface area contributed by atoms with Gasteiger partial charge in [-0.2, -0.15) is 0 Å². The monoisotopic (exact) mass is 602 g/mol. The summed E-state index contributed by atoms with van der Waals surface area (Å²) in [7, 11) is 0. The second-order valence-corrected chi connectivity index (χ2v) is 10.4. The van der Waals surface area contributed by atoms with Gasteiger partial charge in [0.05, 0.1) is 11.4 Å². The zero-order valence-corrected chi connectivity index (χ0v) is 25.6. The Labute approximate surface area is 270 Å². The van der Waals surface area contributed by atoms with Crippen LogP contribution >= 0.6 is 0 Å². The van der Waals surface area contributed by atoms with Crippen LogP contribution in [0.15, 0.2) is 140 Å². The Balaban J connectivity index is 1.52. The summed E-state index contributed by atoms with van der Waals surface area (Å²) in [6.45, 7) is 2.14. The first-order valence-electron chi connectivity index (χ1n) is 15.0. The van der Waals surface area contributed by atoms with Crippen molar-refractivity contribution in [1.29, 1.82) is 0 Å². The standard InChI is InChI=1S/C40H34N4O2/c1-2-38(45)43(36-26-22-33(23-27-36)20-18-31-12-6-3-7-13-31)44(40(39(41)46)42-30-35-16-10-5-11-17-35)37-28-24-34(25-29-37)21-19-32-14-8-4-9-15-32/h3-17,22-29,40,42H,2,30H2,1H3,(H2,41,46). The highest BCUT2D eigenvalue weighted by Gasteiger charge is 2.33. The molecular weight excluding hydrogens is 568 g/mol. The Morgan fingerprint density at radius 3 is 1.46 bits per heavy atom. The van der Waals surface area contributed by atoms with Crippen LogP contribution in [-0.2, 0) is 16.1 Å². The van der Waals surface area contributed by atoms with E-state index >= 15 is 0 Å². The summed E-state index contributed by atoms with van der Waals surface area (Å²) in [6, 6.07) is 44.0. The summed E-state index contributed by atoms with van der Waals surface area (Å²) >= 11 is 0. The lowest BCUT2D eigenvalue weighted by Gasteiger charge is -2.40. The lowest BCUT2D eigenvalue weighted by molar-refractivity contribution is -0.121. The minimum absolute atomic E-state index is 0.191. The number of hydrogen-bond donors (Lipinski definition) is 2. The fraction of sp³-hybridized carbons (Fsp3) is 0.100. The van der Waals surface area contributed by atoms with Crippen molar-refractivity contribution < 1.29 is 9.59 Å². The van der Waals surface area contributed by atoms with Crippen LogP contribution in [0, 0.1) is 23.7 Å². The number of nitrogens with two attached hydrogens (primary N) is 1. The summed E-state index contributed by atoms with van der Waals surface area (Å²) in [5, 5.41) is 6.41. The molecule has 0 spiro atoms. The van der Waals surface area contributed by atoms with Gasteiger partial charge in [0.15, 0.2) is 6.17 Å². The average Bonchev–Trinajstić information content (AvgIpc) is 3.11. The molecule has 6 heteroatoms. The number of hydrogen-bond acceptors (Lipinski definition) is 4. The normalized spacial score (nSPS) is 10.8. The number of hydrazine groups is 1. The third-order valence-corrected chi connectivity index (χ3v) is 7.10. The number of amides is 2. The Morgan fingerprint density at radius 1 is 0.609 bits per heavy atom. The maximum absolute atomic E-state index is 13.7. The molecule has 0 fully saturated rings. The maximum Gasteiger partial charge on any atom is 0.257 e. The maximum atomic E-state index is 13.7. The molecule has 3 N–H and O–H groups in total. The van der Waals surface area contributed by atoms with Crippen molar-refractivity contribution in [2.24, 2.45) is 5.73 Å². The molecule has 0 heterocycles. The van der Waals surface area contributed by atoms with E-state index in [1.807, 2.05) is 140 Å². The minimum Gasteiger partial charge on any atom is -0.367 e.